The Morgan fingerprint density at radius 3 is 2.50 bits per heavy atom. The molecular formula is C16H25NO. The monoisotopic (exact) mass is 247 g/mol. The first-order valence-electron chi connectivity index (χ1n) is 7.26. The molecule has 0 aliphatic carbocycles. The molecule has 1 unspecified atom stereocenters. The van der Waals surface area contributed by atoms with E-state index in [0.29, 0.717) is 12.6 Å². The fourth-order valence-corrected chi connectivity index (χ4v) is 2.77. The lowest BCUT2D eigenvalue weighted by atomic mass is 10.1. The molecule has 100 valence electrons. The third kappa shape index (κ3) is 3.56. The number of likely N-dealkylation sites (tertiary alicyclic amines) is 1. The molecule has 1 fully saturated rings. The first kappa shape index (κ1) is 13.6. The van der Waals surface area contributed by atoms with Gasteiger partial charge >= 0.3 is 0 Å². The minimum atomic E-state index is 0.299. The van der Waals surface area contributed by atoms with Gasteiger partial charge in [-0.1, -0.05) is 44.0 Å². The lowest BCUT2D eigenvalue weighted by molar-refractivity contribution is 0.118. The van der Waals surface area contributed by atoms with Gasteiger partial charge in [0.1, 0.15) is 0 Å². The fourth-order valence-electron chi connectivity index (χ4n) is 2.77. The molecule has 1 N–H and O–H groups in total. The van der Waals surface area contributed by atoms with Crippen LogP contribution in [0.4, 0.5) is 0 Å². The summed E-state index contributed by atoms with van der Waals surface area (Å²) in [5.41, 5.74) is 2.76. The van der Waals surface area contributed by atoms with E-state index in [0.717, 1.165) is 25.9 Å². The Kier molecular flexibility index (Phi) is 5.21. The number of hydrogen-bond donors (Lipinski definition) is 1. The second-order valence-electron chi connectivity index (χ2n) is 5.33. The van der Waals surface area contributed by atoms with Crippen molar-refractivity contribution >= 4 is 0 Å². The van der Waals surface area contributed by atoms with Crippen molar-refractivity contribution in [2.24, 2.45) is 0 Å². The Balaban J connectivity index is 2.00. The molecule has 1 aromatic rings. The Hall–Kier alpha value is -0.860. The van der Waals surface area contributed by atoms with Crippen LogP contribution in [0, 0.1) is 0 Å². The lowest BCUT2D eigenvalue weighted by Gasteiger charge is -2.28. The molecule has 1 atom stereocenters. The fraction of sp³-hybridized carbons (Fsp3) is 0.625. The highest BCUT2D eigenvalue weighted by Crippen LogP contribution is 2.19. The van der Waals surface area contributed by atoms with Gasteiger partial charge in [-0.05, 0) is 36.9 Å². The normalized spacial score (nSPS) is 21.8. The van der Waals surface area contributed by atoms with E-state index in [1.165, 1.54) is 30.4 Å². The Morgan fingerprint density at radius 2 is 1.83 bits per heavy atom. The average molecular weight is 247 g/mol. The third-order valence-electron chi connectivity index (χ3n) is 4.03. The molecule has 1 saturated heterocycles. The zero-order valence-electron chi connectivity index (χ0n) is 11.4. The van der Waals surface area contributed by atoms with E-state index < -0.39 is 0 Å². The summed E-state index contributed by atoms with van der Waals surface area (Å²) in [6.45, 7) is 4.59. The van der Waals surface area contributed by atoms with Crippen LogP contribution in [0.3, 0.4) is 0 Å². The summed E-state index contributed by atoms with van der Waals surface area (Å²) in [6.07, 6.45) is 6.08. The molecule has 18 heavy (non-hydrogen) atoms. The van der Waals surface area contributed by atoms with Crippen molar-refractivity contribution in [1.29, 1.82) is 0 Å². The molecule has 1 aromatic carbocycles. The van der Waals surface area contributed by atoms with Gasteiger partial charge in [0, 0.05) is 12.6 Å². The van der Waals surface area contributed by atoms with Gasteiger partial charge in [-0.2, -0.15) is 0 Å². The van der Waals surface area contributed by atoms with Crippen molar-refractivity contribution < 1.29 is 5.11 Å². The van der Waals surface area contributed by atoms with Gasteiger partial charge in [0.05, 0.1) is 6.61 Å². The van der Waals surface area contributed by atoms with Crippen molar-refractivity contribution in [3.8, 4) is 0 Å². The summed E-state index contributed by atoms with van der Waals surface area (Å²) in [4.78, 5) is 2.45. The molecule has 0 spiro atoms. The van der Waals surface area contributed by atoms with Gasteiger partial charge in [0.15, 0.2) is 0 Å². The maximum absolute atomic E-state index is 9.50. The predicted molar refractivity (Wildman–Crippen MR) is 75.6 cm³/mol. The summed E-state index contributed by atoms with van der Waals surface area (Å²) in [5.74, 6) is 0. The van der Waals surface area contributed by atoms with Crippen molar-refractivity contribution in [2.75, 3.05) is 13.2 Å². The molecule has 2 nitrogen and oxygen atoms in total. The molecule has 2 heteroatoms. The highest BCUT2D eigenvalue weighted by atomic mass is 16.3. The van der Waals surface area contributed by atoms with Crippen molar-refractivity contribution in [3.05, 3.63) is 35.4 Å². The number of aliphatic hydroxyl groups excluding tert-OH is 1. The first-order valence-corrected chi connectivity index (χ1v) is 7.26. The summed E-state index contributed by atoms with van der Waals surface area (Å²) in [7, 11) is 0. The largest absolute Gasteiger partial charge is 0.395 e. The molecular weight excluding hydrogens is 222 g/mol. The molecule has 0 radical (unpaired) electrons. The van der Waals surface area contributed by atoms with Gasteiger partial charge in [-0.3, -0.25) is 4.90 Å². The Labute approximate surface area is 111 Å². The van der Waals surface area contributed by atoms with Gasteiger partial charge in [-0.25, -0.2) is 0 Å². The van der Waals surface area contributed by atoms with Crippen molar-refractivity contribution in [2.45, 2.75) is 51.6 Å². The first-order chi connectivity index (χ1) is 8.83. The lowest BCUT2D eigenvalue weighted by Crippen LogP contribution is -2.36. The molecule has 1 heterocycles. The second-order valence-corrected chi connectivity index (χ2v) is 5.33. The standard InChI is InChI=1S/C16H25NO/c1-2-14-7-9-15(10-8-14)12-17-11-5-3-4-6-16(17)13-18/h7-10,16,18H,2-6,11-13H2,1H3. The molecule has 0 aromatic heterocycles. The van der Waals surface area contributed by atoms with Crippen LogP contribution >= 0.6 is 0 Å². The molecule has 1 aliphatic rings. The highest BCUT2D eigenvalue weighted by Gasteiger charge is 2.19. The van der Waals surface area contributed by atoms with Crippen LogP contribution in [0.25, 0.3) is 0 Å². The van der Waals surface area contributed by atoms with Crippen LogP contribution in [0.5, 0.6) is 0 Å². The zero-order chi connectivity index (χ0) is 12.8. The van der Waals surface area contributed by atoms with Crippen LogP contribution in [0.15, 0.2) is 24.3 Å². The minimum absolute atomic E-state index is 0.299. The molecule has 0 amide bonds. The van der Waals surface area contributed by atoms with Crippen LogP contribution in [-0.4, -0.2) is 29.2 Å². The number of aliphatic hydroxyl groups is 1. The maximum atomic E-state index is 9.50. The topological polar surface area (TPSA) is 23.5 Å². The average Bonchev–Trinajstić information content (AvgIpc) is 2.64. The van der Waals surface area contributed by atoms with E-state index in [9.17, 15) is 5.11 Å². The van der Waals surface area contributed by atoms with Crippen molar-refractivity contribution in [3.63, 3.8) is 0 Å². The van der Waals surface area contributed by atoms with E-state index in [2.05, 4.69) is 36.1 Å². The smallest absolute Gasteiger partial charge is 0.0586 e. The van der Waals surface area contributed by atoms with Crippen LogP contribution in [-0.2, 0) is 13.0 Å². The summed E-state index contributed by atoms with van der Waals surface area (Å²) in [5, 5.41) is 9.50. The van der Waals surface area contributed by atoms with Crippen molar-refractivity contribution in [1.82, 2.24) is 4.90 Å². The number of aryl methyl sites for hydroxylation is 1. The van der Waals surface area contributed by atoms with Crippen LogP contribution in [0.2, 0.25) is 0 Å². The molecule has 2 rings (SSSR count). The second kappa shape index (κ2) is 6.91. The maximum Gasteiger partial charge on any atom is 0.0586 e. The third-order valence-corrected chi connectivity index (χ3v) is 4.03. The van der Waals surface area contributed by atoms with E-state index >= 15 is 0 Å². The van der Waals surface area contributed by atoms with Crippen LogP contribution in [0.1, 0.15) is 43.7 Å². The van der Waals surface area contributed by atoms with E-state index in [1.54, 1.807) is 0 Å². The predicted octanol–water partition coefficient (Wildman–Crippen LogP) is 2.99. The van der Waals surface area contributed by atoms with Gasteiger partial charge in [0.25, 0.3) is 0 Å². The highest BCUT2D eigenvalue weighted by molar-refractivity contribution is 5.22. The number of rotatable bonds is 4. The summed E-state index contributed by atoms with van der Waals surface area (Å²) in [6, 6.07) is 9.27. The van der Waals surface area contributed by atoms with Gasteiger partial charge in [-0.15, -0.1) is 0 Å². The zero-order valence-corrected chi connectivity index (χ0v) is 11.4. The quantitative estimate of drug-likeness (QED) is 0.884. The van der Waals surface area contributed by atoms with Gasteiger partial charge in [0.2, 0.25) is 0 Å². The van der Waals surface area contributed by atoms with E-state index in [4.69, 9.17) is 0 Å². The summed E-state index contributed by atoms with van der Waals surface area (Å²) >= 11 is 0. The molecule has 1 aliphatic heterocycles. The van der Waals surface area contributed by atoms with E-state index in [1.807, 2.05) is 0 Å². The number of nitrogens with zero attached hydrogens (tertiary/aromatic N) is 1. The SMILES string of the molecule is CCc1ccc(CN2CCCCCC2CO)cc1. The Morgan fingerprint density at radius 1 is 1.11 bits per heavy atom. The van der Waals surface area contributed by atoms with Gasteiger partial charge < -0.3 is 5.11 Å². The Bertz CT molecular complexity index is 347. The summed E-state index contributed by atoms with van der Waals surface area (Å²) < 4.78 is 0. The minimum Gasteiger partial charge on any atom is -0.395 e. The molecule has 0 saturated carbocycles. The van der Waals surface area contributed by atoms with E-state index in [-0.39, 0.29) is 0 Å². The molecule has 0 bridgehead atoms. The number of benzene rings is 1. The number of hydrogen-bond acceptors (Lipinski definition) is 2. The van der Waals surface area contributed by atoms with Crippen LogP contribution < -0.4 is 0 Å².